The van der Waals surface area contributed by atoms with Gasteiger partial charge in [-0.25, -0.2) is 15.0 Å². The molecular weight excluding hydrogens is 328 g/mol. The average molecular weight is 350 g/mol. The maximum atomic E-state index is 4.92. The maximum Gasteiger partial charge on any atom is 0.115 e. The molecule has 0 bridgehead atoms. The standard InChI is InChI=1S/C20H22N4S/c1-13-3-2-6-24(13)17-7-15(8-17)20-23-18-5-4-14(9-19(18)25-20)16-10-21-12-22-11-16/h4-5,9-13,15,17H,2-3,6-8H2,1H3/t13-,15-,17+/m1/s1. The van der Waals surface area contributed by atoms with Crippen LogP contribution in [-0.2, 0) is 0 Å². The number of rotatable bonds is 3. The Hall–Kier alpha value is -1.85. The largest absolute Gasteiger partial charge is 0.298 e. The molecule has 3 aromatic rings. The van der Waals surface area contributed by atoms with Gasteiger partial charge in [-0.1, -0.05) is 6.07 Å². The molecule has 3 heterocycles. The van der Waals surface area contributed by atoms with Crippen LogP contribution in [0.2, 0.25) is 0 Å². The van der Waals surface area contributed by atoms with Crippen LogP contribution in [0.25, 0.3) is 21.3 Å². The lowest BCUT2D eigenvalue weighted by molar-refractivity contribution is 0.103. The summed E-state index contributed by atoms with van der Waals surface area (Å²) < 4.78 is 1.27. The Morgan fingerprint density at radius 1 is 1.12 bits per heavy atom. The molecule has 0 amide bonds. The maximum absolute atomic E-state index is 4.92. The van der Waals surface area contributed by atoms with Crippen molar-refractivity contribution >= 4 is 21.6 Å². The minimum Gasteiger partial charge on any atom is -0.298 e. The van der Waals surface area contributed by atoms with Crippen LogP contribution in [0.1, 0.15) is 43.5 Å². The van der Waals surface area contributed by atoms with Crippen LogP contribution >= 0.6 is 11.3 Å². The number of aromatic nitrogens is 3. The van der Waals surface area contributed by atoms with E-state index in [1.807, 2.05) is 23.7 Å². The molecular formula is C20H22N4S. The first-order valence-corrected chi connectivity index (χ1v) is 10.0. The Kier molecular flexibility index (Phi) is 3.79. The van der Waals surface area contributed by atoms with Crippen LogP contribution in [0.5, 0.6) is 0 Å². The molecule has 1 aliphatic carbocycles. The highest BCUT2D eigenvalue weighted by atomic mass is 32.1. The van der Waals surface area contributed by atoms with Gasteiger partial charge >= 0.3 is 0 Å². The average Bonchev–Trinajstić information content (AvgIpc) is 3.20. The number of fused-ring (bicyclic) bond motifs is 1. The molecule has 25 heavy (non-hydrogen) atoms. The van der Waals surface area contributed by atoms with Gasteiger partial charge in [-0.2, -0.15) is 0 Å². The molecule has 5 rings (SSSR count). The van der Waals surface area contributed by atoms with E-state index >= 15 is 0 Å². The summed E-state index contributed by atoms with van der Waals surface area (Å²) in [5.74, 6) is 0.652. The third kappa shape index (κ3) is 2.75. The molecule has 0 N–H and O–H groups in total. The highest BCUT2D eigenvalue weighted by molar-refractivity contribution is 7.18. The van der Waals surface area contributed by atoms with Gasteiger partial charge in [-0.05, 0) is 56.8 Å². The van der Waals surface area contributed by atoms with E-state index < -0.39 is 0 Å². The number of benzene rings is 1. The molecule has 2 aromatic heterocycles. The molecule has 0 radical (unpaired) electrons. The van der Waals surface area contributed by atoms with Crippen molar-refractivity contribution in [1.29, 1.82) is 0 Å². The predicted octanol–water partition coefficient (Wildman–Crippen LogP) is 4.48. The minimum absolute atomic E-state index is 0.652. The summed E-state index contributed by atoms with van der Waals surface area (Å²) in [6, 6.07) is 8.05. The Bertz CT molecular complexity index is 885. The lowest BCUT2D eigenvalue weighted by Crippen LogP contribution is -2.45. The normalized spacial score (nSPS) is 26.8. The van der Waals surface area contributed by atoms with E-state index in [9.17, 15) is 0 Å². The number of hydrogen-bond acceptors (Lipinski definition) is 5. The van der Waals surface area contributed by atoms with Crippen LogP contribution in [0.3, 0.4) is 0 Å². The summed E-state index contributed by atoms with van der Waals surface area (Å²) in [5.41, 5.74) is 3.35. The van der Waals surface area contributed by atoms with E-state index in [0.29, 0.717) is 5.92 Å². The highest BCUT2D eigenvalue weighted by Crippen LogP contribution is 2.44. The van der Waals surface area contributed by atoms with E-state index in [-0.39, 0.29) is 0 Å². The second kappa shape index (κ2) is 6.15. The Morgan fingerprint density at radius 2 is 1.96 bits per heavy atom. The van der Waals surface area contributed by atoms with Gasteiger partial charge in [0.2, 0.25) is 0 Å². The van der Waals surface area contributed by atoms with Gasteiger partial charge in [-0.15, -0.1) is 11.3 Å². The summed E-state index contributed by atoms with van der Waals surface area (Å²) in [5, 5.41) is 1.32. The number of nitrogens with zero attached hydrogens (tertiary/aromatic N) is 4. The summed E-state index contributed by atoms with van der Waals surface area (Å²) >= 11 is 1.86. The molecule has 4 nitrogen and oxygen atoms in total. The molecule has 1 aliphatic heterocycles. The first-order chi connectivity index (χ1) is 12.3. The van der Waals surface area contributed by atoms with E-state index in [2.05, 4.69) is 40.0 Å². The fourth-order valence-corrected chi connectivity index (χ4v) is 5.44. The molecule has 1 saturated heterocycles. The van der Waals surface area contributed by atoms with E-state index in [1.54, 1.807) is 6.33 Å². The summed E-state index contributed by atoms with van der Waals surface area (Å²) in [4.78, 5) is 15.9. The van der Waals surface area contributed by atoms with Crippen molar-refractivity contribution < 1.29 is 0 Å². The zero-order valence-electron chi connectivity index (χ0n) is 14.4. The van der Waals surface area contributed by atoms with Gasteiger partial charge in [0.1, 0.15) is 6.33 Å². The van der Waals surface area contributed by atoms with Crippen LogP contribution in [0.15, 0.2) is 36.9 Å². The second-order valence-corrected chi connectivity index (χ2v) is 8.48. The molecule has 1 aromatic carbocycles. The first kappa shape index (κ1) is 15.4. The van der Waals surface area contributed by atoms with Gasteiger partial charge in [0, 0.05) is 36.0 Å². The first-order valence-electron chi connectivity index (χ1n) is 9.19. The Labute approximate surface area is 152 Å². The lowest BCUT2D eigenvalue weighted by Gasteiger charge is -2.42. The second-order valence-electron chi connectivity index (χ2n) is 7.41. The van der Waals surface area contributed by atoms with Gasteiger partial charge in [0.05, 0.1) is 15.2 Å². The van der Waals surface area contributed by atoms with Gasteiger partial charge in [-0.3, -0.25) is 4.90 Å². The molecule has 2 aliphatic rings. The molecule has 0 spiro atoms. The van der Waals surface area contributed by atoms with Crippen LogP contribution < -0.4 is 0 Å². The Balaban J connectivity index is 1.35. The lowest BCUT2D eigenvalue weighted by atomic mass is 9.79. The van der Waals surface area contributed by atoms with Crippen molar-refractivity contribution in [3.8, 4) is 11.1 Å². The fraction of sp³-hybridized carbons (Fsp3) is 0.450. The van der Waals surface area contributed by atoms with Crippen molar-refractivity contribution in [3.05, 3.63) is 41.9 Å². The SMILES string of the molecule is C[C@@H]1CCCN1[C@H]1C[C@@H](c2nc3ccc(-c4cncnc4)cc3s2)C1. The number of hydrogen-bond donors (Lipinski definition) is 0. The molecule has 0 unspecified atom stereocenters. The smallest absolute Gasteiger partial charge is 0.115 e. The van der Waals surface area contributed by atoms with E-state index in [1.165, 1.54) is 47.5 Å². The Morgan fingerprint density at radius 3 is 2.72 bits per heavy atom. The molecule has 2 fully saturated rings. The molecule has 1 saturated carbocycles. The fourth-order valence-electron chi connectivity index (χ4n) is 4.30. The van der Waals surface area contributed by atoms with Crippen molar-refractivity contribution in [3.63, 3.8) is 0 Å². The monoisotopic (exact) mass is 350 g/mol. The minimum atomic E-state index is 0.652. The van der Waals surface area contributed by atoms with Crippen molar-refractivity contribution in [2.24, 2.45) is 0 Å². The zero-order chi connectivity index (χ0) is 16.8. The van der Waals surface area contributed by atoms with Gasteiger partial charge in [0.15, 0.2) is 0 Å². The van der Waals surface area contributed by atoms with E-state index in [4.69, 9.17) is 4.98 Å². The molecule has 5 heteroatoms. The highest BCUT2D eigenvalue weighted by Gasteiger charge is 2.39. The summed E-state index contributed by atoms with van der Waals surface area (Å²) in [6.45, 7) is 3.67. The van der Waals surface area contributed by atoms with Crippen molar-refractivity contribution in [2.45, 2.75) is 50.6 Å². The third-order valence-corrected chi connectivity index (χ3v) is 7.02. The molecule has 1 atom stereocenters. The van der Waals surface area contributed by atoms with Crippen molar-refractivity contribution in [2.75, 3.05) is 6.54 Å². The van der Waals surface area contributed by atoms with Crippen LogP contribution in [0, 0.1) is 0 Å². The van der Waals surface area contributed by atoms with Crippen LogP contribution in [0.4, 0.5) is 0 Å². The summed E-state index contributed by atoms with van der Waals surface area (Å²) in [6.07, 6.45) is 10.6. The topological polar surface area (TPSA) is 41.9 Å². The number of thiazole rings is 1. The van der Waals surface area contributed by atoms with Crippen molar-refractivity contribution in [1.82, 2.24) is 19.9 Å². The number of likely N-dealkylation sites (tertiary alicyclic amines) is 1. The van der Waals surface area contributed by atoms with Gasteiger partial charge < -0.3 is 0 Å². The predicted molar refractivity (Wildman–Crippen MR) is 102 cm³/mol. The third-order valence-electron chi connectivity index (χ3n) is 5.83. The van der Waals surface area contributed by atoms with Crippen LogP contribution in [-0.4, -0.2) is 38.5 Å². The zero-order valence-corrected chi connectivity index (χ0v) is 15.2. The molecule has 128 valence electrons. The van der Waals surface area contributed by atoms with E-state index in [0.717, 1.165) is 23.2 Å². The quantitative estimate of drug-likeness (QED) is 0.698. The van der Waals surface area contributed by atoms with Gasteiger partial charge in [0.25, 0.3) is 0 Å². The summed E-state index contributed by atoms with van der Waals surface area (Å²) in [7, 11) is 0.